The Morgan fingerprint density at radius 1 is 1.35 bits per heavy atom. The molecule has 0 unspecified atom stereocenters. The quantitative estimate of drug-likeness (QED) is 0.915. The third-order valence-electron chi connectivity index (χ3n) is 3.69. The highest BCUT2D eigenvalue weighted by molar-refractivity contribution is 7.08. The lowest BCUT2D eigenvalue weighted by molar-refractivity contribution is -0.117. The molecule has 7 nitrogen and oxygen atoms in total. The van der Waals surface area contributed by atoms with Crippen LogP contribution in [0.5, 0.6) is 0 Å². The summed E-state index contributed by atoms with van der Waals surface area (Å²) in [4.78, 5) is 28.1. The molecular weight excluding hydrogens is 316 g/mol. The first kappa shape index (κ1) is 15.7. The summed E-state index contributed by atoms with van der Waals surface area (Å²) in [6, 6.07) is 3.52. The fourth-order valence-electron chi connectivity index (χ4n) is 2.49. The molecule has 0 aliphatic carbocycles. The van der Waals surface area contributed by atoms with Crippen molar-refractivity contribution in [3.05, 3.63) is 34.2 Å². The topological polar surface area (TPSA) is 78.7 Å². The Kier molecular flexibility index (Phi) is 4.73. The number of hydrogen-bond donors (Lipinski definition) is 1. The van der Waals surface area contributed by atoms with Crippen molar-refractivity contribution >= 4 is 29.0 Å². The maximum Gasteiger partial charge on any atom is 0.254 e. The third-order valence-corrected chi connectivity index (χ3v) is 4.37. The molecule has 0 spiro atoms. The summed E-state index contributed by atoms with van der Waals surface area (Å²) >= 11 is 1.52. The van der Waals surface area contributed by atoms with E-state index in [0.29, 0.717) is 37.8 Å². The summed E-state index contributed by atoms with van der Waals surface area (Å²) in [5.74, 6) is 1.02. The van der Waals surface area contributed by atoms with Crippen molar-refractivity contribution in [1.29, 1.82) is 0 Å². The van der Waals surface area contributed by atoms with Gasteiger partial charge in [0, 0.05) is 37.6 Å². The number of aromatic nitrogens is 1. The molecule has 2 aromatic heterocycles. The van der Waals surface area contributed by atoms with Gasteiger partial charge < -0.3 is 14.7 Å². The van der Waals surface area contributed by atoms with Crippen LogP contribution in [-0.2, 0) is 4.79 Å². The highest BCUT2D eigenvalue weighted by Crippen LogP contribution is 2.12. The molecule has 3 rings (SSSR count). The van der Waals surface area contributed by atoms with E-state index in [0.717, 1.165) is 5.56 Å². The lowest BCUT2D eigenvalue weighted by Gasteiger charge is -2.34. The van der Waals surface area contributed by atoms with Gasteiger partial charge in [0.1, 0.15) is 5.76 Å². The zero-order valence-electron chi connectivity index (χ0n) is 12.8. The molecule has 8 heteroatoms. The maximum absolute atomic E-state index is 12.2. The molecule has 0 saturated carbocycles. The summed E-state index contributed by atoms with van der Waals surface area (Å²) < 4.78 is 4.91. The largest absolute Gasteiger partial charge is 0.360 e. The van der Waals surface area contributed by atoms with Crippen LogP contribution in [0, 0.1) is 6.92 Å². The van der Waals surface area contributed by atoms with Crippen molar-refractivity contribution in [2.45, 2.75) is 6.92 Å². The van der Waals surface area contributed by atoms with Gasteiger partial charge in [-0.15, -0.1) is 0 Å². The van der Waals surface area contributed by atoms with Crippen LogP contribution in [0.3, 0.4) is 0 Å². The fourth-order valence-corrected chi connectivity index (χ4v) is 3.12. The highest BCUT2D eigenvalue weighted by atomic mass is 32.1. The summed E-state index contributed by atoms with van der Waals surface area (Å²) in [5.41, 5.74) is 0.739. The predicted octanol–water partition coefficient (Wildman–Crippen LogP) is 1.44. The van der Waals surface area contributed by atoms with Gasteiger partial charge in [0.05, 0.1) is 12.1 Å². The van der Waals surface area contributed by atoms with Crippen LogP contribution in [0.1, 0.15) is 16.1 Å². The Morgan fingerprint density at radius 2 is 2.13 bits per heavy atom. The summed E-state index contributed by atoms with van der Waals surface area (Å²) in [5, 5.41) is 10.2. The van der Waals surface area contributed by atoms with Gasteiger partial charge in [0.25, 0.3) is 5.91 Å². The van der Waals surface area contributed by atoms with E-state index >= 15 is 0 Å². The maximum atomic E-state index is 12.2. The lowest BCUT2D eigenvalue weighted by atomic mass is 10.2. The number of piperazine rings is 1. The van der Waals surface area contributed by atoms with Gasteiger partial charge in [0.2, 0.25) is 5.91 Å². The van der Waals surface area contributed by atoms with Crippen molar-refractivity contribution in [1.82, 2.24) is 15.0 Å². The van der Waals surface area contributed by atoms with Crippen molar-refractivity contribution in [2.24, 2.45) is 0 Å². The van der Waals surface area contributed by atoms with Crippen molar-refractivity contribution in [2.75, 3.05) is 38.0 Å². The minimum Gasteiger partial charge on any atom is -0.360 e. The van der Waals surface area contributed by atoms with Crippen molar-refractivity contribution in [3.63, 3.8) is 0 Å². The molecule has 3 heterocycles. The molecule has 0 aromatic carbocycles. The van der Waals surface area contributed by atoms with Gasteiger partial charge in [0.15, 0.2) is 5.82 Å². The van der Waals surface area contributed by atoms with Crippen LogP contribution < -0.4 is 5.32 Å². The number of amides is 2. The first-order chi connectivity index (χ1) is 11.1. The molecule has 122 valence electrons. The Balaban J connectivity index is 1.45. The van der Waals surface area contributed by atoms with Crippen LogP contribution in [0.25, 0.3) is 0 Å². The smallest absolute Gasteiger partial charge is 0.254 e. The Bertz CT molecular complexity index is 675. The van der Waals surface area contributed by atoms with Crippen LogP contribution in [0.4, 0.5) is 5.82 Å². The van der Waals surface area contributed by atoms with Gasteiger partial charge in [-0.1, -0.05) is 5.16 Å². The Hall–Kier alpha value is -2.19. The van der Waals surface area contributed by atoms with E-state index in [1.807, 2.05) is 26.6 Å². The molecule has 23 heavy (non-hydrogen) atoms. The molecule has 0 bridgehead atoms. The third kappa shape index (κ3) is 3.96. The molecular formula is C15H18N4O3S. The first-order valence-electron chi connectivity index (χ1n) is 7.39. The number of hydrogen-bond acceptors (Lipinski definition) is 6. The average molecular weight is 334 g/mol. The van der Waals surface area contributed by atoms with Crippen molar-refractivity contribution < 1.29 is 14.1 Å². The molecule has 0 atom stereocenters. The van der Waals surface area contributed by atoms with Crippen LogP contribution >= 0.6 is 11.3 Å². The average Bonchev–Trinajstić information content (AvgIpc) is 3.19. The second-order valence-corrected chi connectivity index (χ2v) is 6.23. The second-order valence-electron chi connectivity index (χ2n) is 5.45. The Morgan fingerprint density at radius 3 is 2.74 bits per heavy atom. The van der Waals surface area contributed by atoms with E-state index in [9.17, 15) is 9.59 Å². The Labute approximate surface area is 137 Å². The molecule has 1 N–H and O–H groups in total. The number of nitrogens with zero attached hydrogens (tertiary/aromatic N) is 3. The van der Waals surface area contributed by atoms with Gasteiger partial charge in [-0.2, -0.15) is 11.3 Å². The number of nitrogens with one attached hydrogen (secondary N) is 1. The van der Waals surface area contributed by atoms with Gasteiger partial charge >= 0.3 is 0 Å². The molecule has 1 fully saturated rings. The number of rotatable bonds is 4. The zero-order chi connectivity index (χ0) is 16.2. The number of anilines is 1. The SMILES string of the molecule is Cc1cc(NC(=O)CN2CCN(C(=O)c3ccsc3)CC2)no1. The van der Waals surface area contributed by atoms with Gasteiger partial charge in [-0.25, -0.2) is 0 Å². The van der Waals surface area contributed by atoms with Crippen molar-refractivity contribution in [3.8, 4) is 0 Å². The van der Waals surface area contributed by atoms with Crippen LogP contribution in [0.2, 0.25) is 0 Å². The fraction of sp³-hybridized carbons (Fsp3) is 0.400. The number of carbonyl (C=O) groups excluding carboxylic acids is 2. The first-order valence-corrected chi connectivity index (χ1v) is 8.33. The second kappa shape index (κ2) is 6.93. The molecule has 2 aromatic rings. The van der Waals surface area contributed by atoms with Gasteiger partial charge in [-0.05, 0) is 18.4 Å². The molecule has 0 radical (unpaired) electrons. The lowest BCUT2D eigenvalue weighted by Crippen LogP contribution is -2.50. The molecule has 1 saturated heterocycles. The minimum absolute atomic E-state index is 0.0634. The van der Waals surface area contributed by atoms with E-state index in [-0.39, 0.29) is 18.4 Å². The summed E-state index contributed by atoms with van der Waals surface area (Å²) in [6.07, 6.45) is 0. The highest BCUT2D eigenvalue weighted by Gasteiger charge is 2.23. The van der Waals surface area contributed by atoms with E-state index < -0.39 is 0 Å². The minimum atomic E-state index is -0.129. The number of carbonyl (C=O) groups is 2. The predicted molar refractivity (Wildman–Crippen MR) is 86.5 cm³/mol. The number of thiophene rings is 1. The van der Waals surface area contributed by atoms with E-state index in [4.69, 9.17) is 4.52 Å². The summed E-state index contributed by atoms with van der Waals surface area (Å²) in [7, 11) is 0. The number of aryl methyl sites for hydroxylation is 1. The molecule has 1 aliphatic rings. The monoisotopic (exact) mass is 334 g/mol. The summed E-state index contributed by atoms with van der Waals surface area (Å²) in [6.45, 7) is 4.68. The van der Waals surface area contributed by atoms with Crippen LogP contribution in [0.15, 0.2) is 27.4 Å². The molecule has 2 amide bonds. The van der Waals surface area contributed by atoms with E-state index in [2.05, 4.69) is 10.5 Å². The van der Waals surface area contributed by atoms with E-state index in [1.165, 1.54) is 11.3 Å². The molecule has 1 aliphatic heterocycles. The normalized spacial score (nSPS) is 15.6. The zero-order valence-corrected chi connectivity index (χ0v) is 13.6. The van der Waals surface area contributed by atoms with Gasteiger partial charge in [-0.3, -0.25) is 14.5 Å². The standard InChI is InChI=1S/C15H18N4O3S/c1-11-8-13(17-22-11)16-14(20)9-18-3-5-19(6-4-18)15(21)12-2-7-23-10-12/h2,7-8,10H,3-6,9H2,1H3,(H,16,17,20). The van der Waals surface area contributed by atoms with E-state index in [1.54, 1.807) is 13.0 Å². The van der Waals surface area contributed by atoms with Crippen LogP contribution in [-0.4, -0.2) is 59.5 Å².